The molecule has 632 valence electrons. The maximum atomic E-state index is 2.48. The Morgan fingerprint density at radius 3 is 0.719 bits per heavy atom. The van der Waals surface area contributed by atoms with Crippen molar-refractivity contribution in [2.45, 2.75) is 0 Å². The van der Waals surface area contributed by atoms with Crippen LogP contribution in [0.3, 0.4) is 0 Å². The van der Waals surface area contributed by atoms with Gasteiger partial charge in [0.25, 0.3) is 0 Å². The van der Waals surface area contributed by atoms with Crippen LogP contribution in [0.4, 0.5) is 0 Å². The van der Waals surface area contributed by atoms with Crippen molar-refractivity contribution in [3.63, 3.8) is 0 Å². The average molecular weight is 1720 g/mol. The SMILES string of the molecule is c1ccc(-c2cc(-n3c4ccccc4c4ccccc43)cc(-n3c4ccccc4c4ccc5c(ccn5-c5ccccc5)c43)c2)cc1.c1ccc(-c2ccc3c4ccccc4n(-c4ccc(-n5c6ccccc6c6ccc7c(ccn7-c7ccccc7)c65)cc4)c3c2)cc1.c1ccc(-n2ccc3c2ccc2c4ccccc4n(-c4cccc(-n5c6ccccc6c6ccccc65)c4)c23)cc1. The highest BCUT2D eigenvalue weighted by atomic mass is 15.1. The van der Waals surface area contributed by atoms with E-state index in [0.717, 1.165) is 51.2 Å². The summed E-state index contributed by atoms with van der Waals surface area (Å²) < 4.78 is 21.4. The average Bonchev–Trinajstić information content (AvgIpc) is 1.56. The molecular formula is C126H83N9. The van der Waals surface area contributed by atoms with Gasteiger partial charge >= 0.3 is 0 Å². The topological polar surface area (TPSA) is 44.4 Å². The molecule has 9 heteroatoms. The molecule has 9 aromatic heterocycles. The second-order valence-electron chi connectivity index (χ2n) is 35.1. The van der Waals surface area contributed by atoms with Crippen LogP contribution in [-0.4, -0.2) is 41.1 Å². The van der Waals surface area contributed by atoms with E-state index in [1.165, 1.54) is 186 Å². The maximum Gasteiger partial charge on any atom is 0.0635 e. The van der Waals surface area contributed by atoms with Crippen molar-refractivity contribution in [1.29, 1.82) is 0 Å². The van der Waals surface area contributed by atoms with Crippen LogP contribution in [0.5, 0.6) is 0 Å². The van der Waals surface area contributed by atoms with Crippen LogP contribution < -0.4 is 0 Å². The zero-order chi connectivity index (χ0) is 88.7. The van der Waals surface area contributed by atoms with Gasteiger partial charge in [-0.3, -0.25) is 0 Å². The summed E-state index contributed by atoms with van der Waals surface area (Å²) in [5, 5.41) is 18.8. The first-order valence-corrected chi connectivity index (χ1v) is 46.3. The molecule has 0 aliphatic carbocycles. The van der Waals surface area contributed by atoms with E-state index in [-0.39, 0.29) is 0 Å². The number of nitrogens with zero attached hydrogens (tertiary/aromatic N) is 9. The highest BCUT2D eigenvalue weighted by Crippen LogP contribution is 2.46. The predicted octanol–water partition coefficient (Wildman–Crippen LogP) is 32.8. The van der Waals surface area contributed by atoms with Crippen LogP contribution in [0, 0.1) is 0 Å². The summed E-state index contributed by atoms with van der Waals surface area (Å²) >= 11 is 0. The molecule has 0 aliphatic heterocycles. The van der Waals surface area contributed by atoms with Crippen LogP contribution in [0.15, 0.2) is 504 Å². The molecule has 0 saturated heterocycles. The van der Waals surface area contributed by atoms with E-state index < -0.39 is 0 Å². The van der Waals surface area contributed by atoms with Gasteiger partial charge in [0, 0.05) is 151 Å². The minimum absolute atomic E-state index is 1.13. The third-order valence-corrected chi connectivity index (χ3v) is 27.8. The van der Waals surface area contributed by atoms with E-state index in [1.54, 1.807) is 0 Å². The Labute approximate surface area is 776 Å². The number of hydrogen-bond acceptors (Lipinski definition) is 0. The summed E-state index contributed by atoms with van der Waals surface area (Å²) in [4.78, 5) is 0. The van der Waals surface area contributed by atoms with Crippen molar-refractivity contribution in [3.8, 4) is 73.4 Å². The van der Waals surface area contributed by atoms with E-state index in [2.05, 4.69) is 545 Å². The van der Waals surface area contributed by atoms with E-state index in [0.29, 0.717) is 0 Å². The van der Waals surface area contributed by atoms with Crippen molar-refractivity contribution in [1.82, 2.24) is 41.1 Å². The molecule has 9 nitrogen and oxygen atoms in total. The van der Waals surface area contributed by atoms with Gasteiger partial charge < -0.3 is 41.1 Å². The maximum absolute atomic E-state index is 2.48. The normalized spacial score (nSPS) is 11.9. The van der Waals surface area contributed by atoms with Crippen molar-refractivity contribution in [2.24, 2.45) is 0 Å². The third-order valence-electron chi connectivity index (χ3n) is 27.8. The molecule has 0 saturated carbocycles. The summed E-state index contributed by atoms with van der Waals surface area (Å²) in [6.07, 6.45) is 6.58. The van der Waals surface area contributed by atoms with Gasteiger partial charge in [0.2, 0.25) is 0 Å². The van der Waals surface area contributed by atoms with Crippen molar-refractivity contribution in [3.05, 3.63) is 504 Å². The van der Waals surface area contributed by atoms with Crippen LogP contribution in [-0.2, 0) is 0 Å². The van der Waals surface area contributed by atoms with Crippen LogP contribution in [0.1, 0.15) is 0 Å². The molecule has 0 radical (unpaired) electrons. The number of aromatic nitrogens is 9. The van der Waals surface area contributed by atoms with E-state index in [1.807, 2.05) is 0 Å². The zero-order valence-electron chi connectivity index (χ0n) is 73.4. The van der Waals surface area contributed by atoms with Gasteiger partial charge in [-0.15, -0.1) is 0 Å². The Bertz CT molecular complexity index is 9630. The quantitative estimate of drug-likeness (QED) is 0.124. The monoisotopic (exact) mass is 1720 g/mol. The highest BCUT2D eigenvalue weighted by Gasteiger charge is 2.25. The molecule has 135 heavy (non-hydrogen) atoms. The van der Waals surface area contributed by atoms with Gasteiger partial charge in [-0.25, -0.2) is 0 Å². The van der Waals surface area contributed by atoms with Gasteiger partial charge in [-0.1, -0.05) is 297 Å². The summed E-state index contributed by atoms with van der Waals surface area (Å²) in [7, 11) is 0. The zero-order valence-corrected chi connectivity index (χ0v) is 73.4. The van der Waals surface area contributed by atoms with Crippen LogP contribution in [0.25, 0.3) is 237 Å². The van der Waals surface area contributed by atoms with Crippen molar-refractivity contribution < 1.29 is 0 Å². The van der Waals surface area contributed by atoms with Crippen molar-refractivity contribution in [2.75, 3.05) is 0 Å². The highest BCUT2D eigenvalue weighted by molar-refractivity contribution is 6.22. The van der Waals surface area contributed by atoms with E-state index in [4.69, 9.17) is 0 Å². The Morgan fingerprint density at radius 2 is 0.348 bits per heavy atom. The molecule has 0 aliphatic rings. The number of fused-ring (bicyclic) bond motifs is 24. The van der Waals surface area contributed by atoms with Gasteiger partial charge in [0.15, 0.2) is 0 Å². The molecule has 9 heterocycles. The number of para-hydroxylation sites is 11. The lowest BCUT2D eigenvalue weighted by molar-refractivity contribution is 1.13. The van der Waals surface area contributed by atoms with Crippen LogP contribution in [0.2, 0.25) is 0 Å². The van der Waals surface area contributed by atoms with Gasteiger partial charge in [0.1, 0.15) is 0 Å². The molecule has 20 aromatic carbocycles. The fourth-order valence-corrected chi connectivity index (χ4v) is 21.9. The standard InChI is InChI=1S/2C44H29N3.C38H25N3/c1-3-13-30(14-4-1)31-27-33(46-41-20-10-7-17-35(41)36-18-8-11-21-42(36)46)29-34(28-31)47-43-22-12-9-19-37(43)38-23-24-40-39(44(38)47)25-26-45(40)32-15-5-2-6-16-32;1-3-11-30(12-4-1)31-19-24-37-35-15-7-9-17-41(35)46(43(37)29-31)33-20-22-34(23-21-33)47-42-18-10-8-16-36(42)38-25-26-40-39(44(38)47)27-28-45(40)32-13-5-2-6-14-32;1-2-11-26(12-3-1)39-24-23-33-34(39)22-21-32-31-17-6-9-20-37(31)41(38(32)33)28-14-10-13-27(25-28)40-35-18-7-4-15-29(35)30-16-5-8-19-36(30)40/h2*1-29H;1-25H. The largest absolute Gasteiger partial charge is 0.316 e. The molecular weight excluding hydrogens is 1640 g/mol. The third kappa shape index (κ3) is 12.3. The van der Waals surface area contributed by atoms with E-state index >= 15 is 0 Å². The van der Waals surface area contributed by atoms with E-state index in [9.17, 15) is 0 Å². The fourth-order valence-electron chi connectivity index (χ4n) is 21.9. The first-order chi connectivity index (χ1) is 67.0. The first kappa shape index (κ1) is 76.8. The molecule has 0 N–H and O–H groups in total. The van der Waals surface area contributed by atoms with Gasteiger partial charge in [0.05, 0.1) is 82.8 Å². The van der Waals surface area contributed by atoms with Gasteiger partial charge in [-0.05, 0) is 210 Å². The number of benzene rings is 20. The Balaban J connectivity index is 0.000000103. The number of hydrogen-bond donors (Lipinski definition) is 0. The lowest BCUT2D eigenvalue weighted by Crippen LogP contribution is -2.00. The molecule has 0 atom stereocenters. The summed E-state index contributed by atoms with van der Waals surface area (Å²) in [5.74, 6) is 0. The lowest BCUT2D eigenvalue weighted by Gasteiger charge is -2.16. The fraction of sp³-hybridized carbons (Fsp3) is 0. The Kier molecular flexibility index (Phi) is 17.8. The second kappa shape index (κ2) is 31.3. The minimum Gasteiger partial charge on any atom is -0.316 e. The smallest absolute Gasteiger partial charge is 0.0635 e. The molecule has 0 spiro atoms. The van der Waals surface area contributed by atoms with Crippen molar-refractivity contribution >= 4 is 164 Å². The first-order valence-electron chi connectivity index (χ1n) is 46.3. The minimum atomic E-state index is 1.13. The number of rotatable bonds is 11. The molecule has 0 bridgehead atoms. The summed E-state index contributed by atoms with van der Waals surface area (Å²) in [6, 6.07) is 175. The second-order valence-corrected chi connectivity index (χ2v) is 35.1. The lowest BCUT2D eigenvalue weighted by atomic mass is 10.0. The Hall–Kier alpha value is -18.2. The predicted molar refractivity (Wildman–Crippen MR) is 567 cm³/mol. The Morgan fingerprint density at radius 1 is 0.104 bits per heavy atom. The molecule has 0 unspecified atom stereocenters. The summed E-state index contributed by atoms with van der Waals surface area (Å²) in [5.41, 5.74) is 33.3. The molecule has 0 fully saturated rings. The molecule has 29 rings (SSSR count). The summed E-state index contributed by atoms with van der Waals surface area (Å²) in [6.45, 7) is 0. The van der Waals surface area contributed by atoms with Gasteiger partial charge in [-0.2, -0.15) is 0 Å². The molecule has 29 aromatic rings. The molecule has 0 amide bonds. The van der Waals surface area contributed by atoms with Crippen LogP contribution >= 0.6 is 0 Å².